The molecule has 1 N–H and O–H groups in total. The van der Waals surface area contributed by atoms with Crippen molar-refractivity contribution in [1.82, 2.24) is 15.1 Å². The van der Waals surface area contributed by atoms with E-state index >= 15 is 0 Å². The van der Waals surface area contributed by atoms with Crippen LogP contribution in [-0.2, 0) is 0 Å². The zero-order valence-corrected chi connectivity index (χ0v) is 16.6. The summed E-state index contributed by atoms with van der Waals surface area (Å²) in [6.45, 7) is 1.93. The van der Waals surface area contributed by atoms with Gasteiger partial charge in [0.2, 0.25) is 0 Å². The Balaban J connectivity index is 1.63. The fourth-order valence-corrected chi connectivity index (χ4v) is 3.54. The van der Waals surface area contributed by atoms with E-state index in [0.717, 1.165) is 27.6 Å². The number of aryl methyl sites for hydroxylation is 1. The molecule has 2 heterocycles. The first-order valence-corrected chi connectivity index (χ1v) is 9.70. The lowest BCUT2D eigenvalue weighted by Gasteiger charge is -2.03. The number of nitrogens with zero attached hydrogens (tertiary/aromatic N) is 3. The SMILES string of the molecule is Cc1ccc2c(=O)[nH]c(/C(C#N)=C/c3ccc4noc(-c5ccccc5)c4c3)nc2c1. The molecule has 31 heavy (non-hydrogen) atoms. The number of H-pyrrole nitrogens is 1. The molecule has 5 aromatic rings. The molecule has 3 aromatic carbocycles. The standard InChI is InChI=1S/C25H16N4O2/c1-15-7-9-19-22(11-15)27-24(28-25(19)30)18(14-26)12-16-8-10-21-20(13-16)23(31-29-21)17-5-3-2-4-6-17/h2-13H,1H3,(H,27,28,30)/b18-12+. The molecule has 5 rings (SSSR count). The third-order valence-electron chi connectivity index (χ3n) is 5.09. The fraction of sp³-hybridized carbons (Fsp3) is 0.0400. The number of nitriles is 1. The highest BCUT2D eigenvalue weighted by Crippen LogP contribution is 2.30. The van der Waals surface area contributed by atoms with Gasteiger partial charge in [-0.05, 0) is 48.4 Å². The Labute approximate surface area is 177 Å². The second-order valence-electron chi connectivity index (χ2n) is 7.26. The van der Waals surface area contributed by atoms with E-state index < -0.39 is 0 Å². The first kappa shape index (κ1) is 18.5. The van der Waals surface area contributed by atoms with Crippen LogP contribution < -0.4 is 5.56 Å². The van der Waals surface area contributed by atoms with Crippen LogP contribution in [0, 0.1) is 18.3 Å². The van der Waals surface area contributed by atoms with Crippen molar-refractivity contribution >= 4 is 33.5 Å². The lowest BCUT2D eigenvalue weighted by atomic mass is 10.0. The van der Waals surface area contributed by atoms with Gasteiger partial charge in [-0.1, -0.05) is 47.6 Å². The summed E-state index contributed by atoms with van der Waals surface area (Å²) in [5, 5.41) is 15.2. The second kappa shape index (κ2) is 7.39. The summed E-state index contributed by atoms with van der Waals surface area (Å²) in [6, 6.07) is 22.9. The van der Waals surface area contributed by atoms with Crippen molar-refractivity contribution in [1.29, 1.82) is 5.26 Å². The van der Waals surface area contributed by atoms with Gasteiger partial charge in [-0.2, -0.15) is 5.26 Å². The predicted molar refractivity (Wildman–Crippen MR) is 120 cm³/mol. The Bertz CT molecular complexity index is 1570. The molecular formula is C25H16N4O2. The van der Waals surface area contributed by atoms with E-state index in [9.17, 15) is 10.1 Å². The molecule has 0 saturated carbocycles. The molecular weight excluding hydrogens is 388 g/mol. The van der Waals surface area contributed by atoms with E-state index in [1.165, 1.54) is 0 Å². The molecule has 6 nitrogen and oxygen atoms in total. The van der Waals surface area contributed by atoms with Crippen LogP contribution in [0.4, 0.5) is 0 Å². The lowest BCUT2D eigenvalue weighted by molar-refractivity contribution is 0.441. The van der Waals surface area contributed by atoms with Crippen LogP contribution in [0.25, 0.3) is 44.8 Å². The van der Waals surface area contributed by atoms with Gasteiger partial charge in [0.05, 0.1) is 21.9 Å². The lowest BCUT2D eigenvalue weighted by Crippen LogP contribution is -2.11. The van der Waals surface area contributed by atoms with Crippen molar-refractivity contribution in [2.24, 2.45) is 0 Å². The van der Waals surface area contributed by atoms with E-state index in [1.807, 2.05) is 67.6 Å². The fourth-order valence-electron chi connectivity index (χ4n) is 3.54. The average molecular weight is 404 g/mol. The van der Waals surface area contributed by atoms with Crippen LogP contribution >= 0.6 is 0 Å². The minimum Gasteiger partial charge on any atom is -0.355 e. The number of rotatable bonds is 3. The molecule has 0 aliphatic carbocycles. The quantitative estimate of drug-likeness (QED) is 0.422. The maximum atomic E-state index is 12.5. The van der Waals surface area contributed by atoms with E-state index in [0.29, 0.717) is 16.7 Å². The molecule has 6 heteroatoms. The van der Waals surface area contributed by atoms with Crippen LogP contribution in [-0.4, -0.2) is 15.1 Å². The smallest absolute Gasteiger partial charge is 0.259 e. The van der Waals surface area contributed by atoms with Crippen LogP contribution in [0.5, 0.6) is 0 Å². The van der Waals surface area contributed by atoms with E-state index in [4.69, 9.17) is 4.52 Å². The highest BCUT2D eigenvalue weighted by Gasteiger charge is 2.12. The van der Waals surface area contributed by atoms with Crippen LogP contribution in [0.3, 0.4) is 0 Å². The Morgan fingerprint density at radius 3 is 2.68 bits per heavy atom. The predicted octanol–water partition coefficient (Wildman–Crippen LogP) is 5.10. The van der Waals surface area contributed by atoms with Gasteiger partial charge in [0.15, 0.2) is 11.6 Å². The van der Waals surface area contributed by atoms with Crippen LogP contribution in [0.2, 0.25) is 0 Å². The molecule has 0 radical (unpaired) electrons. The van der Waals surface area contributed by atoms with Crippen molar-refractivity contribution in [3.05, 3.63) is 94.0 Å². The van der Waals surface area contributed by atoms with Gasteiger partial charge in [-0.3, -0.25) is 4.79 Å². The Kier molecular flexibility index (Phi) is 4.42. The number of nitrogens with one attached hydrogen (secondary N) is 1. The van der Waals surface area contributed by atoms with E-state index in [1.54, 1.807) is 12.1 Å². The summed E-state index contributed by atoms with van der Waals surface area (Å²) in [5.74, 6) is 0.899. The molecule has 0 aliphatic rings. The molecule has 0 unspecified atom stereocenters. The largest absolute Gasteiger partial charge is 0.355 e. The number of hydrogen-bond donors (Lipinski definition) is 1. The molecule has 0 saturated heterocycles. The number of fused-ring (bicyclic) bond motifs is 2. The van der Waals surface area contributed by atoms with Gasteiger partial charge >= 0.3 is 0 Å². The number of aromatic amines is 1. The first-order chi connectivity index (χ1) is 15.1. The maximum Gasteiger partial charge on any atom is 0.259 e. The molecule has 148 valence electrons. The third kappa shape index (κ3) is 3.38. The Morgan fingerprint density at radius 1 is 1.03 bits per heavy atom. The number of allylic oxidation sites excluding steroid dienone is 1. The number of hydrogen-bond acceptors (Lipinski definition) is 5. The summed E-state index contributed by atoms with van der Waals surface area (Å²) >= 11 is 0. The summed E-state index contributed by atoms with van der Waals surface area (Å²) in [5.41, 5.74) is 3.95. The minimum atomic E-state index is -0.276. The highest BCUT2D eigenvalue weighted by molar-refractivity contribution is 5.95. The summed E-state index contributed by atoms with van der Waals surface area (Å²) < 4.78 is 5.55. The van der Waals surface area contributed by atoms with E-state index in [-0.39, 0.29) is 17.0 Å². The minimum absolute atomic E-state index is 0.235. The maximum absolute atomic E-state index is 12.5. The van der Waals surface area contributed by atoms with Crippen molar-refractivity contribution in [2.45, 2.75) is 6.92 Å². The van der Waals surface area contributed by atoms with Gasteiger partial charge in [-0.15, -0.1) is 0 Å². The topological polar surface area (TPSA) is 95.6 Å². The zero-order valence-electron chi connectivity index (χ0n) is 16.6. The van der Waals surface area contributed by atoms with Crippen molar-refractivity contribution in [3.8, 4) is 17.4 Å². The third-order valence-corrected chi connectivity index (χ3v) is 5.09. The molecule has 0 amide bonds. The number of benzene rings is 3. The van der Waals surface area contributed by atoms with Gasteiger partial charge in [0.25, 0.3) is 5.56 Å². The van der Waals surface area contributed by atoms with Gasteiger partial charge in [0.1, 0.15) is 11.6 Å². The van der Waals surface area contributed by atoms with Crippen molar-refractivity contribution in [3.63, 3.8) is 0 Å². The molecule has 2 aromatic heterocycles. The molecule has 0 fully saturated rings. The summed E-state index contributed by atoms with van der Waals surface area (Å²) in [4.78, 5) is 19.7. The second-order valence-corrected chi connectivity index (χ2v) is 7.26. The number of aromatic nitrogens is 3. The van der Waals surface area contributed by atoms with Crippen LogP contribution in [0.1, 0.15) is 17.0 Å². The molecule has 0 atom stereocenters. The van der Waals surface area contributed by atoms with Crippen LogP contribution in [0.15, 0.2) is 76.0 Å². The average Bonchev–Trinajstić information content (AvgIpc) is 3.21. The Hall–Kier alpha value is -4.50. The van der Waals surface area contributed by atoms with Gasteiger partial charge in [0, 0.05) is 5.56 Å². The van der Waals surface area contributed by atoms with Crippen molar-refractivity contribution in [2.75, 3.05) is 0 Å². The monoisotopic (exact) mass is 404 g/mol. The summed E-state index contributed by atoms with van der Waals surface area (Å²) in [7, 11) is 0. The normalized spacial score (nSPS) is 11.7. The molecule has 0 spiro atoms. The van der Waals surface area contributed by atoms with Crippen molar-refractivity contribution < 1.29 is 4.52 Å². The van der Waals surface area contributed by atoms with E-state index in [2.05, 4.69) is 21.2 Å². The highest BCUT2D eigenvalue weighted by atomic mass is 16.5. The van der Waals surface area contributed by atoms with Gasteiger partial charge in [-0.25, -0.2) is 4.98 Å². The zero-order chi connectivity index (χ0) is 21.4. The summed E-state index contributed by atoms with van der Waals surface area (Å²) in [6.07, 6.45) is 1.70. The van der Waals surface area contributed by atoms with Gasteiger partial charge < -0.3 is 9.51 Å². The molecule has 0 aliphatic heterocycles. The molecule has 0 bridgehead atoms. The first-order valence-electron chi connectivity index (χ1n) is 9.70. The Morgan fingerprint density at radius 2 is 1.87 bits per heavy atom.